The summed E-state index contributed by atoms with van der Waals surface area (Å²) in [7, 11) is 0. The number of aromatic carboxylic acids is 1. The molecule has 2 rings (SSSR count). The minimum atomic E-state index is -1.13. The van der Waals surface area contributed by atoms with Gasteiger partial charge in [-0.15, -0.1) is 0 Å². The second kappa shape index (κ2) is 7.24. The van der Waals surface area contributed by atoms with Crippen LogP contribution in [0.5, 0.6) is 0 Å². The van der Waals surface area contributed by atoms with Gasteiger partial charge in [0.25, 0.3) is 5.91 Å². The molecule has 0 saturated heterocycles. The Hall–Kier alpha value is -3.11. The van der Waals surface area contributed by atoms with E-state index in [0.29, 0.717) is 17.1 Å². The fraction of sp³-hybridized carbons (Fsp3) is 0.0667. The van der Waals surface area contributed by atoms with Crippen molar-refractivity contribution in [2.75, 3.05) is 0 Å². The molecular formula is C15H10ClN3O4. The Labute approximate surface area is 135 Å². The van der Waals surface area contributed by atoms with Gasteiger partial charge in [0.2, 0.25) is 0 Å². The summed E-state index contributed by atoms with van der Waals surface area (Å²) >= 11 is 5.81. The number of carboxylic acids is 1. The molecule has 1 aromatic heterocycles. The standard InChI is InChI=1S/C15H10ClN3O4/c16-12-3-1-9(7-11(12)15(21)22)13-4-2-10(23-13)8-18-19-14(20)5-6-17/h1-4,7-8H,5H2,(H,19,20)(H,21,22). The molecule has 0 aliphatic heterocycles. The molecule has 1 aromatic carbocycles. The second-order valence-electron chi connectivity index (χ2n) is 4.33. The zero-order valence-electron chi connectivity index (χ0n) is 11.6. The first kappa shape index (κ1) is 16.3. The molecular weight excluding hydrogens is 322 g/mol. The highest BCUT2D eigenvalue weighted by Crippen LogP contribution is 2.26. The van der Waals surface area contributed by atoms with Crippen molar-refractivity contribution in [2.24, 2.45) is 5.10 Å². The quantitative estimate of drug-likeness (QED) is 0.645. The third-order valence-corrected chi connectivity index (χ3v) is 3.06. The minimum Gasteiger partial charge on any atom is -0.478 e. The topological polar surface area (TPSA) is 116 Å². The van der Waals surface area contributed by atoms with Crippen molar-refractivity contribution in [3.05, 3.63) is 46.7 Å². The molecule has 23 heavy (non-hydrogen) atoms. The number of furan rings is 1. The first-order valence-electron chi connectivity index (χ1n) is 6.33. The van der Waals surface area contributed by atoms with Gasteiger partial charge in [-0.05, 0) is 30.3 Å². The van der Waals surface area contributed by atoms with Crippen molar-refractivity contribution in [3.63, 3.8) is 0 Å². The van der Waals surface area contributed by atoms with E-state index in [2.05, 4.69) is 10.5 Å². The predicted octanol–water partition coefficient (Wildman–Crippen LogP) is 2.66. The highest BCUT2D eigenvalue weighted by atomic mass is 35.5. The fourth-order valence-corrected chi connectivity index (χ4v) is 1.90. The highest BCUT2D eigenvalue weighted by molar-refractivity contribution is 6.33. The highest BCUT2D eigenvalue weighted by Gasteiger charge is 2.12. The van der Waals surface area contributed by atoms with Crippen molar-refractivity contribution in [1.29, 1.82) is 5.26 Å². The van der Waals surface area contributed by atoms with Crippen LogP contribution in [0.2, 0.25) is 5.02 Å². The van der Waals surface area contributed by atoms with Crippen LogP contribution in [0.3, 0.4) is 0 Å². The van der Waals surface area contributed by atoms with Gasteiger partial charge < -0.3 is 9.52 Å². The van der Waals surface area contributed by atoms with E-state index >= 15 is 0 Å². The average molecular weight is 332 g/mol. The van der Waals surface area contributed by atoms with Gasteiger partial charge in [-0.3, -0.25) is 4.79 Å². The minimum absolute atomic E-state index is 0.0282. The third kappa shape index (κ3) is 4.18. The van der Waals surface area contributed by atoms with Crippen molar-refractivity contribution < 1.29 is 19.1 Å². The summed E-state index contributed by atoms with van der Waals surface area (Å²) in [6.07, 6.45) is 0.982. The summed E-state index contributed by atoms with van der Waals surface area (Å²) in [5, 5.41) is 21.2. The number of carboxylic acid groups (broad SMARTS) is 1. The lowest BCUT2D eigenvalue weighted by Crippen LogP contribution is -2.15. The summed E-state index contributed by atoms with van der Waals surface area (Å²) in [5.41, 5.74) is 2.68. The van der Waals surface area contributed by atoms with E-state index in [1.165, 1.54) is 18.3 Å². The van der Waals surface area contributed by atoms with Crippen LogP contribution in [0, 0.1) is 11.3 Å². The molecule has 0 spiro atoms. The first-order valence-corrected chi connectivity index (χ1v) is 6.71. The number of hydrogen-bond acceptors (Lipinski definition) is 5. The zero-order chi connectivity index (χ0) is 16.8. The van der Waals surface area contributed by atoms with Gasteiger partial charge in [0.05, 0.1) is 22.9 Å². The number of benzene rings is 1. The number of hydrazone groups is 1. The fourth-order valence-electron chi connectivity index (χ4n) is 1.70. The van der Waals surface area contributed by atoms with Crippen LogP contribution >= 0.6 is 11.6 Å². The maximum Gasteiger partial charge on any atom is 0.337 e. The predicted molar refractivity (Wildman–Crippen MR) is 82.1 cm³/mol. The van der Waals surface area contributed by atoms with Crippen molar-refractivity contribution in [1.82, 2.24) is 5.43 Å². The third-order valence-electron chi connectivity index (χ3n) is 2.73. The van der Waals surface area contributed by atoms with Gasteiger partial charge in [0, 0.05) is 5.56 Å². The van der Waals surface area contributed by atoms with Gasteiger partial charge in [0.1, 0.15) is 17.9 Å². The van der Waals surface area contributed by atoms with E-state index in [0.717, 1.165) is 0 Å². The smallest absolute Gasteiger partial charge is 0.337 e. The summed E-state index contributed by atoms with van der Waals surface area (Å²) in [5.74, 6) is -0.886. The molecule has 0 saturated carbocycles. The van der Waals surface area contributed by atoms with Crippen LogP contribution in [0.4, 0.5) is 0 Å². The molecule has 1 amide bonds. The second-order valence-corrected chi connectivity index (χ2v) is 4.74. The van der Waals surface area contributed by atoms with Gasteiger partial charge in [-0.1, -0.05) is 11.6 Å². The van der Waals surface area contributed by atoms with Gasteiger partial charge in [0.15, 0.2) is 0 Å². The molecule has 0 aliphatic rings. The van der Waals surface area contributed by atoms with E-state index < -0.39 is 11.9 Å². The summed E-state index contributed by atoms with van der Waals surface area (Å²) in [6.45, 7) is 0. The monoisotopic (exact) mass is 331 g/mol. The molecule has 8 heteroatoms. The van der Waals surface area contributed by atoms with E-state index in [9.17, 15) is 9.59 Å². The van der Waals surface area contributed by atoms with Crippen molar-refractivity contribution >= 4 is 29.7 Å². The zero-order valence-corrected chi connectivity index (χ0v) is 12.4. The summed E-state index contributed by atoms with van der Waals surface area (Å²) < 4.78 is 5.48. The Morgan fingerprint density at radius 3 is 2.87 bits per heavy atom. The molecule has 0 fully saturated rings. The molecule has 0 aliphatic carbocycles. The van der Waals surface area contributed by atoms with Gasteiger partial charge in [-0.25, -0.2) is 10.2 Å². The van der Waals surface area contributed by atoms with Crippen LogP contribution in [-0.2, 0) is 4.79 Å². The molecule has 2 aromatic rings. The van der Waals surface area contributed by atoms with E-state index in [1.807, 2.05) is 0 Å². The number of halogens is 1. The number of rotatable bonds is 5. The Morgan fingerprint density at radius 2 is 2.17 bits per heavy atom. The molecule has 0 unspecified atom stereocenters. The number of nitrogens with one attached hydrogen (secondary N) is 1. The van der Waals surface area contributed by atoms with Crippen molar-refractivity contribution in [2.45, 2.75) is 6.42 Å². The molecule has 0 atom stereocenters. The molecule has 1 heterocycles. The Morgan fingerprint density at radius 1 is 1.39 bits per heavy atom. The lowest BCUT2D eigenvalue weighted by Gasteiger charge is -2.01. The number of nitriles is 1. The normalized spacial score (nSPS) is 10.4. The Bertz CT molecular complexity index is 820. The molecule has 0 radical (unpaired) electrons. The summed E-state index contributed by atoms with van der Waals surface area (Å²) in [6, 6.07) is 9.43. The van der Waals surface area contributed by atoms with Crippen molar-refractivity contribution in [3.8, 4) is 17.4 Å². The molecule has 0 bridgehead atoms. The lowest BCUT2D eigenvalue weighted by molar-refractivity contribution is -0.120. The largest absolute Gasteiger partial charge is 0.478 e. The maximum atomic E-state index is 11.1. The van der Waals surface area contributed by atoms with Crippen LogP contribution in [-0.4, -0.2) is 23.2 Å². The molecule has 7 nitrogen and oxygen atoms in total. The number of amides is 1. The van der Waals surface area contributed by atoms with Crippen LogP contribution < -0.4 is 5.43 Å². The molecule has 2 N–H and O–H groups in total. The van der Waals surface area contributed by atoms with Gasteiger partial charge >= 0.3 is 5.97 Å². The summed E-state index contributed by atoms with van der Waals surface area (Å²) in [4.78, 5) is 22.1. The Balaban J connectivity index is 2.15. The van der Waals surface area contributed by atoms with E-state index in [-0.39, 0.29) is 17.0 Å². The van der Waals surface area contributed by atoms with Crippen LogP contribution in [0.25, 0.3) is 11.3 Å². The van der Waals surface area contributed by atoms with Gasteiger partial charge in [-0.2, -0.15) is 10.4 Å². The maximum absolute atomic E-state index is 11.1. The van der Waals surface area contributed by atoms with Crippen LogP contribution in [0.1, 0.15) is 22.5 Å². The average Bonchev–Trinajstić information content (AvgIpc) is 2.96. The first-order chi connectivity index (χ1) is 11.0. The number of nitrogens with zero attached hydrogens (tertiary/aromatic N) is 2. The van der Waals surface area contributed by atoms with Crippen LogP contribution in [0.15, 0.2) is 39.9 Å². The SMILES string of the molecule is N#CCC(=O)NN=Cc1ccc(-c2ccc(Cl)c(C(=O)O)c2)o1. The number of carbonyl (C=O) groups is 2. The van der Waals surface area contributed by atoms with E-state index in [1.54, 1.807) is 24.3 Å². The molecule has 116 valence electrons. The Kier molecular flexibility index (Phi) is 5.12. The number of carbonyl (C=O) groups excluding carboxylic acids is 1. The lowest BCUT2D eigenvalue weighted by atomic mass is 10.1. The van der Waals surface area contributed by atoms with E-state index in [4.69, 9.17) is 26.4 Å². The number of hydrogen-bond donors (Lipinski definition) is 2.